The molecule has 0 radical (unpaired) electrons. The number of anilines is 1. The Hall–Kier alpha value is -2.74. The number of hydrogen-bond acceptors (Lipinski definition) is 2. The third-order valence-electron chi connectivity index (χ3n) is 6.84. The summed E-state index contributed by atoms with van der Waals surface area (Å²) < 4.78 is 6.92. The van der Waals surface area contributed by atoms with Crippen LogP contribution in [0.1, 0.15) is 37.8 Å². The molecular weight excluding hydrogens is 330 g/mol. The Morgan fingerprint density at radius 3 is 2.44 bits per heavy atom. The van der Waals surface area contributed by atoms with Crippen LogP contribution in [0.5, 0.6) is 5.75 Å². The van der Waals surface area contributed by atoms with Crippen molar-refractivity contribution in [3.05, 3.63) is 77.9 Å². The van der Waals surface area contributed by atoms with E-state index in [0.29, 0.717) is 0 Å². The van der Waals surface area contributed by atoms with E-state index in [4.69, 9.17) is 4.74 Å². The first kappa shape index (κ1) is 16.4. The maximum absolute atomic E-state index is 6.92. The minimum absolute atomic E-state index is 0.0713. The first-order valence-electron chi connectivity index (χ1n) is 9.90. The van der Waals surface area contributed by atoms with Crippen LogP contribution in [0, 0.1) is 0 Å². The molecule has 0 aliphatic carbocycles. The molecule has 1 atom stereocenters. The first-order chi connectivity index (χ1) is 13.2. The third-order valence-corrected chi connectivity index (χ3v) is 6.84. The van der Waals surface area contributed by atoms with Crippen molar-refractivity contribution < 1.29 is 4.74 Å². The molecule has 0 fully saturated rings. The van der Waals surface area contributed by atoms with Crippen molar-refractivity contribution in [3.8, 4) is 5.75 Å². The Kier molecular flexibility index (Phi) is 3.42. The van der Waals surface area contributed by atoms with Gasteiger partial charge in [-0.2, -0.15) is 0 Å². The zero-order chi connectivity index (χ0) is 18.6. The van der Waals surface area contributed by atoms with Gasteiger partial charge in [-0.1, -0.05) is 62.4 Å². The van der Waals surface area contributed by atoms with Crippen LogP contribution in [0.25, 0.3) is 16.8 Å². The molecule has 0 N–H and O–H groups in total. The topological polar surface area (TPSA) is 12.5 Å². The van der Waals surface area contributed by atoms with Crippen molar-refractivity contribution in [2.45, 2.75) is 37.8 Å². The van der Waals surface area contributed by atoms with Crippen LogP contribution in [-0.4, -0.2) is 12.8 Å². The number of hydrogen-bond donors (Lipinski definition) is 0. The molecule has 1 spiro atoms. The lowest BCUT2D eigenvalue weighted by atomic mass is 9.69. The lowest BCUT2D eigenvalue weighted by Gasteiger charge is -2.48. The van der Waals surface area contributed by atoms with Gasteiger partial charge >= 0.3 is 0 Å². The van der Waals surface area contributed by atoms with Gasteiger partial charge in [0.15, 0.2) is 0 Å². The second-order valence-corrected chi connectivity index (χ2v) is 7.70. The molecule has 2 aliphatic heterocycles. The average molecular weight is 355 g/mol. The van der Waals surface area contributed by atoms with E-state index in [2.05, 4.69) is 98.6 Å². The number of likely N-dealkylation sites (N-methyl/N-ethyl adjacent to an activating group) is 1. The van der Waals surface area contributed by atoms with Crippen LogP contribution < -0.4 is 9.64 Å². The largest absolute Gasteiger partial charge is 0.463 e. The predicted octanol–water partition coefficient (Wildman–Crippen LogP) is 6.15. The highest BCUT2D eigenvalue weighted by Gasteiger charge is 2.60. The summed E-state index contributed by atoms with van der Waals surface area (Å²) in [6.45, 7) is 4.57. The van der Waals surface area contributed by atoms with Gasteiger partial charge in [0.25, 0.3) is 0 Å². The Balaban J connectivity index is 1.75. The van der Waals surface area contributed by atoms with E-state index >= 15 is 0 Å². The van der Waals surface area contributed by atoms with E-state index in [1.54, 1.807) is 0 Å². The summed E-state index contributed by atoms with van der Waals surface area (Å²) >= 11 is 0. The second-order valence-electron chi connectivity index (χ2n) is 7.70. The zero-order valence-electron chi connectivity index (χ0n) is 16.2. The summed E-state index contributed by atoms with van der Waals surface area (Å²) in [7, 11) is 2.17. The molecule has 0 bridgehead atoms. The third kappa shape index (κ3) is 1.91. The minimum Gasteiger partial charge on any atom is -0.463 e. The Morgan fingerprint density at radius 1 is 0.889 bits per heavy atom. The lowest BCUT2D eigenvalue weighted by molar-refractivity contribution is 0.0349. The van der Waals surface area contributed by atoms with E-state index in [1.807, 2.05) is 0 Å². The summed E-state index contributed by atoms with van der Waals surface area (Å²) in [6.07, 6.45) is 6.63. The zero-order valence-corrected chi connectivity index (χ0v) is 16.2. The number of ether oxygens (including phenoxy) is 1. The second kappa shape index (κ2) is 5.63. The molecule has 0 amide bonds. The van der Waals surface area contributed by atoms with Gasteiger partial charge in [0.05, 0.1) is 5.41 Å². The van der Waals surface area contributed by atoms with Crippen LogP contribution in [-0.2, 0) is 5.41 Å². The molecule has 2 heteroatoms. The minimum atomic E-state index is -0.490. The summed E-state index contributed by atoms with van der Waals surface area (Å²) in [5.41, 5.74) is 3.29. The molecule has 3 aromatic rings. The Morgan fingerprint density at radius 2 is 1.63 bits per heavy atom. The van der Waals surface area contributed by atoms with E-state index in [1.165, 1.54) is 27.6 Å². The van der Waals surface area contributed by atoms with Crippen LogP contribution in [0.15, 0.2) is 66.7 Å². The maximum Gasteiger partial charge on any atom is 0.212 e. The Labute approximate surface area is 161 Å². The van der Waals surface area contributed by atoms with Crippen LogP contribution in [0.3, 0.4) is 0 Å². The molecule has 2 aliphatic rings. The molecule has 2 nitrogen and oxygen atoms in total. The van der Waals surface area contributed by atoms with Crippen LogP contribution >= 0.6 is 0 Å². The van der Waals surface area contributed by atoms with Crippen molar-refractivity contribution in [1.29, 1.82) is 0 Å². The van der Waals surface area contributed by atoms with E-state index < -0.39 is 5.72 Å². The molecule has 136 valence electrons. The smallest absolute Gasteiger partial charge is 0.212 e. The highest BCUT2D eigenvalue weighted by molar-refractivity contribution is 5.94. The lowest BCUT2D eigenvalue weighted by Crippen LogP contribution is -2.60. The van der Waals surface area contributed by atoms with Gasteiger partial charge in [-0.15, -0.1) is 0 Å². The maximum atomic E-state index is 6.92. The van der Waals surface area contributed by atoms with Gasteiger partial charge in [0.2, 0.25) is 5.72 Å². The van der Waals surface area contributed by atoms with Gasteiger partial charge in [-0.25, -0.2) is 0 Å². The summed E-state index contributed by atoms with van der Waals surface area (Å²) in [4.78, 5) is 2.34. The van der Waals surface area contributed by atoms with Crippen LogP contribution in [0.2, 0.25) is 0 Å². The molecule has 0 saturated carbocycles. The van der Waals surface area contributed by atoms with Crippen molar-refractivity contribution in [2.24, 2.45) is 0 Å². The monoisotopic (exact) mass is 355 g/mol. The fraction of sp³-hybridized carbons (Fsp3) is 0.280. The number of rotatable bonds is 2. The number of benzene rings is 3. The molecule has 0 unspecified atom stereocenters. The van der Waals surface area contributed by atoms with Gasteiger partial charge in [-0.3, -0.25) is 0 Å². The number of nitrogens with zero attached hydrogens (tertiary/aromatic N) is 1. The quantitative estimate of drug-likeness (QED) is 0.547. The number of fused-ring (bicyclic) bond motifs is 4. The van der Waals surface area contributed by atoms with Crippen molar-refractivity contribution in [2.75, 3.05) is 11.9 Å². The molecule has 2 heterocycles. The highest BCUT2D eigenvalue weighted by Crippen LogP contribution is 2.57. The first-order valence-corrected chi connectivity index (χ1v) is 9.90. The molecule has 5 rings (SSSR count). The van der Waals surface area contributed by atoms with E-state index in [9.17, 15) is 0 Å². The predicted molar refractivity (Wildman–Crippen MR) is 113 cm³/mol. The summed E-state index contributed by atoms with van der Waals surface area (Å²) in [6, 6.07) is 21.6. The van der Waals surface area contributed by atoms with Crippen LogP contribution in [0.4, 0.5) is 5.69 Å². The van der Waals surface area contributed by atoms with Gasteiger partial charge in [-0.05, 0) is 53.5 Å². The van der Waals surface area contributed by atoms with Crippen molar-refractivity contribution in [3.63, 3.8) is 0 Å². The molecule has 0 aromatic heterocycles. The SMILES string of the molecule is CCC1(CC)c2ccccc2N(C)[C@@]12C=Cc1c(ccc3ccccc13)O2. The summed E-state index contributed by atoms with van der Waals surface area (Å²) in [5, 5.41) is 2.50. The molecule has 27 heavy (non-hydrogen) atoms. The van der Waals surface area contributed by atoms with Gasteiger partial charge in [0, 0.05) is 18.3 Å². The van der Waals surface area contributed by atoms with Gasteiger partial charge in [0.1, 0.15) is 5.75 Å². The average Bonchev–Trinajstić information content (AvgIpc) is 2.93. The molecular formula is C25H25NO. The van der Waals surface area contributed by atoms with Gasteiger partial charge < -0.3 is 9.64 Å². The molecule has 3 aromatic carbocycles. The Bertz CT molecular complexity index is 1060. The summed E-state index contributed by atoms with van der Waals surface area (Å²) in [5.74, 6) is 0.974. The van der Waals surface area contributed by atoms with E-state index in [-0.39, 0.29) is 5.41 Å². The van der Waals surface area contributed by atoms with Crippen molar-refractivity contribution >= 4 is 22.5 Å². The standard InChI is InChI=1S/C25H25NO/c1-4-24(5-2)21-12-8-9-13-22(21)26(3)25(24)17-16-20-19-11-7-6-10-18(19)14-15-23(20)27-25/h6-17H,4-5H2,1-3H3/t25-/m1/s1. The number of para-hydroxylation sites is 1. The van der Waals surface area contributed by atoms with E-state index in [0.717, 1.165) is 18.6 Å². The fourth-order valence-corrected chi connectivity index (χ4v) is 5.37. The highest BCUT2D eigenvalue weighted by atomic mass is 16.5. The van der Waals surface area contributed by atoms with Crippen molar-refractivity contribution in [1.82, 2.24) is 0 Å². The normalized spacial score (nSPS) is 22.0. The molecule has 0 saturated heterocycles. The fourth-order valence-electron chi connectivity index (χ4n) is 5.37.